The van der Waals surface area contributed by atoms with Crippen molar-refractivity contribution < 1.29 is 9.84 Å². The second-order valence-corrected chi connectivity index (χ2v) is 4.57. The highest BCUT2D eigenvalue weighted by Crippen LogP contribution is 2.34. The molecule has 19 heavy (non-hydrogen) atoms. The first kappa shape index (κ1) is 13.7. The molecule has 100 valence electrons. The molecular weight excluding hydrogens is 262 g/mol. The molecule has 2 aromatic rings. The van der Waals surface area contributed by atoms with Gasteiger partial charge in [0.05, 0.1) is 24.4 Å². The Bertz CT molecular complexity index is 555. The van der Waals surface area contributed by atoms with Crippen LogP contribution in [0.1, 0.15) is 5.56 Å². The molecule has 0 aliphatic heterocycles. The highest BCUT2D eigenvalue weighted by molar-refractivity contribution is 6.33. The first-order valence-electron chi connectivity index (χ1n) is 5.93. The zero-order chi connectivity index (χ0) is 13.8. The second kappa shape index (κ2) is 5.95. The number of aliphatic hydroxyl groups is 1. The third kappa shape index (κ3) is 2.83. The molecule has 0 aromatic heterocycles. The molecule has 0 saturated heterocycles. The van der Waals surface area contributed by atoms with E-state index in [0.717, 1.165) is 22.7 Å². The summed E-state index contributed by atoms with van der Waals surface area (Å²) in [5.74, 6) is 0.804. The van der Waals surface area contributed by atoms with Gasteiger partial charge in [-0.3, -0.25) is 0 Å². The summed E-state index contributed by atoms with van der Waals surface area (Å²) in [6.45, 7) is -0.0452. The number of para-hydroxylation sites is 1. The van der Waals surface area contributed by atoms with Gasteiger partial charge in [0.25, 0.3) is 0 Å². The number of aliphatic hydroxyl groups excluding tert-OH is 1. The van der Waals surface area contributed by atoms with Crippen molar-refractivity contribution in [2.24, 2.45) is 0 Å². The molecule has 0 spiro atoms. The molecule has 4 heteroatoms. The van der Waals surface area contributed by atoms with Crippen molar-refractivity contribution in [3.8, 4) is 5.75 Å². The molecular formula is C15H16ClNO2. The van der Waals surface area contributed by atoms with Crippen LogP contribution >= 0.6 is 11.6 Å². The topological polar surface area (TPSA) is 32.7 Å². The van der Waals surface area contributed by atoms with Crippen LogP contribution in [0.15, 0.2) is 42.5 Å². The Balaban J connectivity index is 2.40. The Morgan fingerprint density at radius 3 is 2.42 bits per heavy atom. The van der Waals surface area contributed by atoms with Gasteiger partial charge in [-0.2, -0.15) is 0 Å². The van der Waals surface area contributed by atoms with Crippen molar-refractivity contribution in [1.82, 2.24) is 0 Å². The lowest BCUT2D eigenvalue weighted by atomic mass is 10.1. The number of hydrogen-bond acceptors (Lipinski definition) is 3. The average Bonchev–Trinajstić information content (AvgIpc) is 2.46. The van der Waals surface area contributed by atoms with Gasteiger partial charge in [-0.1, -0.05) is 23.7 Å². The number of methoxy groups -OCH3 is 1. The number of anilines is 2. The zero-order valence-corrected chi connectivity index (χ0v) is 11.7. The lowest BCUT2D eigenvalue weighted by molar-refractivity contribution is 0.282. The van der Waals surface area contributed by atoms with Crippen LogP contribution in [0.3, 0.4) is 0 Å². The maximum Gasteiger partial charge on any atom is 0.119 e. The number of nitrogens with zero attached hydrogens (tertiary/aromatic N) is 1. The van der Waals surface area contributed by atoms with Crippen LogP contribution in [-0.2, 0) is 6.61 Å². The van der Waals surface area contributed by atoms with E-state index in [9.17, 15) is 5.11 Å². The van der Waals surface area contributed by atoms with Crippen LogP contribution in [0.5, 0.6) is 5.75 Å². The molecule has 0 aliphatic rings. The van der Waals surface area contributed by atoms with E-state index in [0.29, 0.717) is 5.02 Å². The standard InChI is InChI=1S/C15H16ClNO2/c1-17(12-6-8-13(19-2)9-7-12)15-11(10-18)4-3-5-14(15)16/h3-9,18H,10H2,1-2H3. The fraction of sp³-hybridized carbons (Fsp3) is 0.200. The minimum Gasteiger partial charge on any atom is -0.497 e. The van der Waals surface area contributed by atoms with E-state index in [4.69, 9.17) is 16.3 Å². The monoisotopic (exact) mass is 277 g/mol. The van der Waals surface area contributed by atoms with E-state index in [-0.39, 0.29) is 6.61 Å². The molecule has 0 amide bonds. The van der Waals surface area contributed by atoms with Gasteiger partial charge >= 0.3 is 0 Å². The Kier molecular flexibility index (Phi) is 4.30. The predicted molar refractivity (Wildman–Crippen MR) is 78.4 cm³/mol. The van der Waals surface area contributed by atoms with E-state index in [2.05, 4.69) is 0 Å². The Morgan fingerprint density at radius 1 is 1.16 bits per heavy atom. The minimum absolute atomic E-state index is 0.0452. The quantitative estimate of drug-likeness (QED) is 0.927. The molecule has 0 unspecified atom stereocenters. The summed E-state index contributed by atoms with van der Waals surface area (Å²) < 4.78 is 5.14. The number of hydrogen-bond donors (Lipinski definition) is 1. The molecule has 0 atom stereocenters. The summed E-state index contributed by atoms with van der Waals surface area (Å²) in [5, 5.41) is 10.0. The van der Waals surface area contributed by atoms with Crippen molar-refractivity contribution in [1.29, 1.82) is 0 Å². The normalized spacial score (nSPS) is 10.3. The maximum atomic E-state index is 9.42. The molecule has 2 rings (SSSR count). The molecule has 0 fully saturated rings. The van der Waals surface area contributed by atoms with Crippen LogP contribution in [0.2, 0.25) is 5.02 Å². The summed E-state index contributed by atoms with van der Waals surface area (Å²) in [7, 11) is 3.55. The summed E-state index contributed by atoms with van der Waals surface area (Å²) in [6.07, 6.45) is 0. The van der Waals surface area contributed by atoms with Crippen molar-refractivity contribution >= 4 is 23.0 Å². The van der Waals surface area contributed by atoms with Crippen LogP contribution in [0.4, 0.5) is 11.4 Å². The van der Waals surface area contributed by atoms with Crippen LogP contribution in [0.25, 0.3) is 0 Å². The second-order valence-electron chi connectivity index (χ2n) is 4.16. The van der Waals surface area contributed by atoms with Crippen LogP contribution in [-0.4, -0.2) is 19.3 Å². The van der Waals surface area contributed by atoms with Gasteiger partial charge in [0.15, 0.2) is 0 Å². The molecule has 2 aromatic carbocycles. The molecule has 1 N–H and O–H groups in total. The van der Waals surface area contributed by atoms with E-state index < -0.39 is 0 Å². The Hall–Kier alpha value is -1.71. The molecule has 0 aliphatic carbocycles. The molecule has 0 bridgehead atoms. The summed E-state index contributed by atoms with van der Waals surface area (Å²) in [5.41, 5.74) is 2.59. The zero-order valence-electron chi connectivity index (χ0n) is 10.9. The van der Waals surface area contributed by atoms with E-state index in [1.54, 1.807) is 7.11 Å². The number of halogens is 1. The summed E-state index contributed by atoms with van der Waals surface area (Å²) in [6, 6.07) is 13.2. The Morgan fingerprint density at radius 2 is 1.84 bits per heavy atom. The smallest absolute Gasteiger partial charge is 0.119 e. The van der Waals surface area contributed by atoms with Crippen molar-refractivity contribution in [2.75, 3.05) is 19.1 Å². The molecule has 0 saturated carbocycles. The van der Waals surface area contributed by atoms with Crippen LogP contribution in [0, 0.1) is 0 Å². The maximum absolute atomic E-state index is 9.42. The van der Waals surface area contributed by atoms with Crippen molar-refractivity contribution in [3.05, 3.63) is 53.1 Å². The van der Waals surface area contributed by atoms with E-state index in [1.165, 1.54) is 0 Å². The van der Waals surface area contributed by atoms with Gasteiger partial charge in [-0.25, -0.2) is 0 Å². The molecule has 3 nitrogen and oxygen atoms in total. The third-order valence-electron chi connectivity index (χ3n) is 3.04. The number of ether oxygens (including phenoxy) is 1. The van der Waals surface area contributed by atoms with Gasteiger partial charge in [0.2, 0.25) is 0 Å². The fourth-order valence-corrected chi connectivity index (χ4v) is 2.32. The SMILES string of the molecule is COc1ccc(N(C)c2c(Cl)cccc2CO)cc1. The highest BCUT2D eigenvalue weighted by Gasteiger charge is 2.12. The van der Waals surface area contributed by atoms with Gasteiger partial charge in [-0.15, -0.1) is 0 Å². The van der Waals surface area contributed by atoms with Gasteiger partial charge in [0, 0.05) is 18.3 Å². The fourth-order valence-electron chi connectivity index (χ4n) is 2.00. The third-order valence-corrected chi connectivity index (χ3v) is 3.34. The summed E-state index contributed by atoms with van der Waals surface area (Å²) in [4.78, 5) is 1.95. The first-order chi connectivity index (χ1) is 9.17. The lowest BCUT2D eigenvalue weighted by Gasteiger charge is -2.23. The number of benzene rings is 2. The van der Waals surface area contributed by atoms with Crippen molar-refractivity contribution in [2.45, 2.75) is 6.61 Å². The van der Waals surface area contributed by atoms with Gasteiger partial charge in [0.1, 0.15) is 5.75 Å². The first-order valence-corrected chi connectivity index (χ1v) is 6.31. The van der Waals surface area contributed by atoms with Gasteiger partial charge in [-0.05, 0) is 30.3 Å². The highest BCUT2D eigenvalue weighted by atomic mass is 35.5. The molecule has 0 heterocycles. The minimum atomic E-state index is -0.0452. The predicted octanol–water partition coefficient (Wildman–Crippen LogP) is 3.61. The van der Waals surface area contributed by atoms with E-state index in [1.807, 2.05) is 54.4 Å². The molecule has 0 radical (unpaired) electrons. The lowest BCUT2D eigenvalue weighted by Crippen LogP contribution is -2.12. The summed E-state index contributed by atoms with van der Waals surface area (Å²) >= 11 is 6.23. The average molecular weight is 278 g/mol. The van der Waals surface area contributed by atoms with E-state index >= 15 is 0 Å². The Labute approximate surface area is 118 Å². The van der Waals surface area contributed by atoms with Crippen molar-refractivity contribution in [3.63, 3.8) is 0 Å². The number of rotatable bonds is 4. The largest absolute Gasteiger partial charge is 0.497 e. The van der Waals surface area contributed by atoms with Gasteiger partial charge < -0.3 is 14.7 Å². The van der Waals surface area contributed by atoms with Crippen LogP contribution < -0.4 is 9.64 Å².